The molecule has 5 nitrogen and oxygen atoms in total. The molecule has 1 heterocycles. The zero-order valence-electron chi connectivity index (χ0n) is 10.9. The van der Waals surface area contributed by atoms with E-state index in [1.54, 1.807) is 13.3 Å². The lowest BCUT2D eigenvalue weighted by Crippen LogP contribution is -2.32. The molecular weight excluding hydrogens is 218 g/mol. The summed E-state index contributed by atoms with van der Waals surface area (Å²) >= 11 is 0. The Hall–Kier alpha value is -0.910. The van der Waals surface area contributed by atoms with Gasteiger partial charge in [-0.1, -0.05) is 13.8 Å². The molecule has 0 saturated carbocycles. The molecule has 0 saturated heterocycles. The molecule has 1 unspecified atom stereocenters. The lowest BCUT2D eigenvalue weighted by molar-refractivity contribution is 0.142. The van der Waals surface area contributed by atoms with Gasteiger partial charge in [0, 0.05) is 38.5 Å². The van der Waals surface area contributed by atoms with Crippen LogP contribution in [0.5, 0.6) is 0 Å². The molecule has 0 fully saturated rings. The molecule has 0 aliphatic rings. The highest BCUT2D eigenvalue weighted by Gasteiger charge is 2.10. The van der Waals surface area contributed by atoms with Gasteiger partial charge in [-0.25, -0.2) is 4.98 Å². The summed E-state index contributed by atoms with van der Waals surface area (Å²) in [6.07, 6.45) is 3.28. The molecule has 98 valence electrons. The molecule has 0 radical (unpaired) electrons. The number of ether oxygens (including phenoxy) is 1. The van der Waals surface area contributed by atoms with Crippen LogP contribution in [0.25, 0.3) is 0 Å². The summed E-state index contributed by atoms with van der Waals surface area (Å²) in [5.41, 5.74) is 0. The maximum absolute atomic E-state index is 9.87. The minimum atomic E-state index is -0.404. The zero-order chi connectivity index (χ0) is 12.7. The van der Waals surface area contributed by atoms with E-state index in [2.05, 4.69) is 24.1 Å². The number of aromatic nitrogens is 2. The quantitative estimate of drug-likeness (QED) is 0.655. The molecular formula is C12H23N3O2. The third-order valence-electron chi connectivity index (χ3n) is 2.53. The van der Waals surface area contributed by atoms with Gasteiger partial charge in [-0.3, -0.25) is 0 Å². The highest BCUT2D eigenvalue weighted by atomic mass is 16.5. The van der Waals surface area contributed by atoms with Crippen molar-refractivity contribution in [2.24, 2.45) is 0 Å². The third-order valence-corrected chi connectivity index (χ3v) is 2.53. The van der Waals surface area contributed by atoms with Crippen molar-refractivity contribution >= 4 is 0 Å². The largest absolute Gasteiger partial charge is 0.390 e. The molecule has 0 spiro atoms. The average molecular weight is 241 g/mol. The Kier molecular flexibility index (Phi) is 6.18. The van der Waals surface area contributed by atoms with Gasteiger partial charge in [0.2, 0.25) is 0 Å². The van der Waals surface area contributed by atoms with Crippen molar-refractivity contribution in [3.8, 4) is 0 Å². The Morgan fingerprint density at radius 2 is 2.29 bits per heavy atom. The molecule has 0 aromatic carbocycles. The average Bonchev–Trinajstić information content (AvgIpc) is 2.72. The molecule has 2 N–H and O–H groups in total. The van der Waals surface area contributed by atoms with Gasteiger partial charge in [-0.2, -0.15) is 0 Å². The summed E-state index contributed by atoms with van der Waals surface area (Å²) in [7, 11) is 1.67. The second-order valence-corrected chi connectivity index (χ2v) is 4.44. The van der Waals surface area contributed by atoms with Crippen LogP contribution in [0.3, 0.4) is 0 Å². The second kappa shape index (κ2) is 7.42. The lowest BCUT2D eigenvalue weighted by atomic mass is 10.2. The van der Waals surface area contributed by atoms with Crippen LogP contribution in [0.15, 0.2) is 12.4 Å². The third kappa shape index (κ3) is 4.85. The Bertz CT molecular complexity index is 312. The summed E-state index contributed by atoms with van der Waals surface area (Å²) in [4.78, 5) is 4.29. The van der Waals surface area contributed by atoms with Crippen LogP contribution in [0, 0.1) is 0 Å². The molecule has 0 aliphatic carbocycles. The monoisotopic (exact) mass is 241 g/mol. The van der Waals surface area contributed by atoms with Gasteiger partial charge in [0.15, 0.2) is 0 Å². The first-order valence-electron chi connectivity index (χ1n) is 6.04. The van der Waals surface area contributed by atoms with Crippen LogP contribution in [0.2, 0.25) is 0 Å². The molecule has 1 aromatic heterocycles. The number of rotatable bonds is 8. The molecule has 0 aliphatic heterocycles. The molecule has 1 rings (SSSR count). The number of imidazole rings is 1. The molecule has 0 bridgehead atoms. The molecule has 5 heteroatoms. The number of nitrogens with one attached hydrogen (secondary N) is 1. The maximum Gasteiger partial charge on any atom is 0.111 e. The van der Waals surface area contributed by atoms with Crippen molar-refractivity contribution in [3.63, 3.8) is 0 Å². The molecule has 1 atom stereocenters. The Morgan fingerprint density at radius 1 is 1.53 bits per heavy atom. The van der Waals surface area contributed by atoms with Crippen molar-refractivity contribution in [2.75, 3.05) is 26.8 Å². The van der Waals surface area contributed by atoms with Crippen LogP contribution in [0.1, 0.15) is 25.6 Å². The van der Waals surface area contributed by atoms with Crippen LogP contribution in [-0.2, 0) is 11.3 Å². The summed E-state index contributed by atoms with van der Waals surface area (Å²) < 4.78 is 6.93. The fraction of sp³-hybridized carbons (Fsp3) is 0.750. The van der Waals surface area contributed by atoms with Gasteiger partial charge in [0.05, 0.1) is 19.3 Å². The summed E-state index contributed by atoms with van der Waals surface area (Å²) in [6.45, 7) is 6.76. The van der Waals surface area contributed by atoms with Crippen molar-refractivity contribution in [3.05, 3.63) is 18.2 Å². The first-order valence-corrected chi connectivity index (χ1v) is 6.04. The fourth-order valence-corrected chi connectivity index (χ4v) is 1.71. The number of aliphatic hydroxyl groups is 1. The van der Waals surface area contributed by atoms with Crippen LogP contribution in [0.4, 0.5) is 0 Å². The number of hydrogen-bond acceptors (Lipinski definition) is 4. The van der Waals surface area contributed by atoms with Gasteiger partial charge in [0.1, 0.15) is 5.82 Å². The van der Waals surface area contributed by atoms with E-state index in [0.717, 1.165) is 12.4 Å². The van der Waals surface area contributed by atoms with Crippen LogP contribution >= 0.6 is 0 Å². The van der Waals surface area contributed by atoms with Crippen molar-refractivity contribution in [1.82, 2.24) is 14.9 Å². The lowest BCUT2D eigenvalue weighted by Gasteiger charge is -2.15. The number of methoxy groups -OCH3 is 1. The minimum Gasteiger partial charge on any atom is -0.390 e. The highest BCUT2D eigenvalue weighted by molar-refractivity contribution is 4.97. The normalized spacial score (nSPS) is 13.2. The van der Waals surface area contributed by atoms with E-state index < -0.39 is 6.10 Å². The van der Waals surface area contributed by atoms with Crippen molar-refractivity contribution in [2.45, 2.75) is 32.4 Å². The number of aliphatic hydroxyl groups excluding tert-OH is 1. The maximum atomic E-state index is 9.87. The van der Waals surface area contributed by atoms with E-state index in [9.17, 15) is 5.11 Å². The Balaban J connectivity index is 2.34. The van der Waals surface area contributed by atoms with Crippen molar-refractivity contribution in [1.29, 1.82) is 0 Å². The summed E-state index contributed by atoms with van der Waals surface area (Å²) in [5, 5.41) is 13.0. The van der Waals surface area contributed by atoms with Gasteiger partial charge >= 0.3 is 0 Å². The molecule has 17 heavy (non-hydrogen) atoms. The van der Waals surface area contributed by atoms with Crippen LogP contribution < -0.4 is 5.32 Å². The van der Waals surface area contributed by atoms with Crippen molar-refractivity contribution < 1.29 is 9.84 Å². The smallest absolute Gasteiger partial charge is 0.111 e. The van der Waals surface area contributed by atoms with E-state index in [1.807, 2.05) is 10.8 Å². The minimum absolute atomic E-state index is 0.374. The summed E-state index contributed by atoms with van der Waals surface area (Å²) in [6, 6.07) is 0. The predicted octanol–water partition coefficient (Wildman–Crippen LogP) is 0.603. The van der Waals surface area contributed by atoms with Gasteiger partial charge in [-0.05, 0) is 0 Å². The second-order valence-electron chi connectivity index (χ2n) is 4.44. The fourth-order valence-electron chi connectivity index (χ4n) is 1.71. The van der Waals surface area contributed by atoms with E-state index in [1.165, 1.54) is 0 Å². The van der Waals surface area contributed by atoms with Gasteiger partial charge < -0.3 is 19.7 Å². The number of hydrogen-bond donors (Lipinski definition) is 2. The van der Waals surface area contributed by atoms with E-state index >= 15 is 0 Å². The van der Waals surface area contributed by atoms with Gasteiger partial charge in [-0.15, -0.1) is 0 Å². The van der Waals surface area contributed by atoms with Crippen LogP contribution in [-0.4, -0.2) is 47.6 Å². The van der Waals surface area contributed by atoms with Gasteiger partial charge in [0.25, 0.3) is 0 Å². The molecule has 0 amide bonds. The zero-order valence-corrected chi connectivity index (χ0v) is 10.9. The molecule has 1 aromatic rings. The van der Waals surface area contributed by atoms with E-state index in [-0.39, 0.29) is 0 Å². The topological polar surface area (TPSA) is 59.3 Å². The predicted molar refractivity (Wildman–Crippen MR) is 67.1 cm³/mol. The number of nitrogens with zero attached hydrogens (tertiary/aromatic N) is 2. The Morgan fingerprint density at radius 3 is 2.94 bits per heavy atom. The Labute approximate surface area is 103 Å². The standard InChI is InChI=1S/C12H23N3O2/c1-10(2)12-14-4-6-15(12)9-11(16)8-13-5-7-17-3/h4,6,10-11,13,16H,5,7-9H2,1-3H3. The van der Waals surface area contributed by atoms with E-state index in [4.69, 9.17) is 4.74 Å². The first-order chi connectivity index (χ1) is 8.15. The first kappa shape index (κ1) is 14.2. The highest BCUT2D eigenvalue weighted by Crippen LogP contribution is 2.11. The summed E-state index contributed by atoms with van der Waals surface area (Å²) in [5.74, 6) is 1.39. The van der Waals surface area contributed by atoms with E-state index in [0.29, 0.717) is 25.6 Å². The SMILES string of the molecule is COCCNCC(O)Cn1ccnc1C(C)C.